The Kier molecular flexibility index (Phi) is 8.37. The molecule has 172 valence electrons. The van der Waals surface area contributed by atoms with E-state index < -0.39 is 0 Å². The molecule has 0 spiro atoms. The van der Waals surface area contributed by atoms with Gasteiger partial charge in [0.15, 0.2) is 0 Å². The molecule has 0 atom stereocenters. The molecule has 0 saturated heterocycles. The van der Waals surface area contributed by atoms with E-state index in [0.29, 0.717) is 25.2 Å². The third-order valence-electron chi connectivity index (χ3n) is 4.91. The fourth-order valence-electron chi connectivity index (χ4n) is 2.80. The van der Waals surface area contributed by atoms with Crippen LogP contribution in [0.15, 0.2) is 64.8 Å². The number of hydrogen-bond donors (Lipinski definition) is 0. The second kappa shape index (κ2) is 10.6. The van der Waals surface area contributed by atoms with Crippen molar-refractivity contribution in [1.82, 2.24) is 0 Å². The zero-order valence-corrected chi connectivity index (χ0v) is 20.5. The summed E-state index contributed by atoms with van der Waals surface area (Å²) >= 11 is 0. The van der Waals surface area contributed by atoms with Gasteiger partial charge in [0, 0.05) is 12.0 Å². The summed E-state index contributed by atoms with van der Waals surface area (Å²) in [5, 5.41) is 8.91. The van der Waals surface area contributed by atoms with Gasteiger partial charge in [-0.1, -0.05) is 54.2 Å². The van der Waals surface area contributed by atoms with E-state index in [4.69, 9.17) is 9.47 Å². The standard InChI is InChI=1S/C27H36N2O3/c1-19(2)25(30)32-15-9-14-31-24-12-10-22(11-13-24)28-29-23-17-20(26(3,4)5)16-21(18-23)27(6,7)8/h10-13,16-18H,1,9,14-15H2,2-8H3. The second-order valence-electron chi connectivity index (χ2n) is 10.1. The molecule has 2 aromatic rings. The van der Waals surface area contributed by atoms with E-state index in [1.807, 2.05) is 24.3 Å². The summed E-state index contributed by atoms with van der Waals surface area (Å²) in [5.41, 5.74) is 4.57. The maximum Gasteiger partial charge on any atom is 0.333 e. The number of nitrogens with zero attached hydrogens (tertiary/aromatic N) is 2. The molecule has 0 N–H and O–H groups in total. The minimum Gasteiger partial charge on any atom is -0.493 e. The topological polar surface area (TPSA) is 60.2 Å². The maximum atomic E-state index is 11.3. The first-order valence-corrected chi connectivity index (χ1v) is 11.0. The third kappa shape index (κ3) is 7.95. The molecule has 0 radical (unpaired) electrons. The van der Waals surface area contributed by atoms with Gasteiger partial charge in [0.25, 0.3) is 0 Å². The second-order valence-corrected chi connectivity index (χ2v) is 10.1. The quantitative estimate of drug-likeness (QED) is 0.185. The minimum absolute atomic E-state index is 0.0351. The molecule has 0 unspecified atom stereocenters. The first kappa shape index (κ1) is 25.3. The molecule has 0 aliphatic carbocycles. The van der Waals surface area contributed by atoms with Crippen molar-refractivity contribution in [2.75, 3.05) is 13.2 Å². The lowest BCUT2D eigenvalue weighted by Crippen LogP contribution is -2.16. The largest absolute Gasteiger partial charge is 0.493 e. The minimum atomic E-state index is -0.373. The van der Waals surface area contributed by atoms with Crippen molar-refractivity contribution in [2.45, 2.75) is 65.7 Å². The van der Waals surface area contributed by atoms with E-state index >= 15 is 0 Å². The molecular formula is C27H36N2O3. The van der Waals surface area contributed by atoms with Crippen LogP contribution in [0.25, 0.3) is 0 Å². The van der Waals surface area contributed by atoms with E-state index in [1.54, 1.807) is 6.92 Å². The molecular weight excluding hydrogens is 400 g/mol. The van der Waals surface area contributed by atoms with Gasteiger partial charge < -0.3 is 9.47 Å². The number of ether oxygens (including phenoxy) is 2. The van der Waals surface area contributed by atoms with Crippen molar-refractivity contribution in [3.63, 3.8) is 0 Å². The Hall–Kier alpha value is -2.95. The van der Waals surface area contributed by atoms with E-state index in [1.165, 1.54) is 11.1 Å². The van der Waals surface area contributed by atoms with Gasteiger partial charge in [0.05, 0.1) is 24.6 Å². The Balaban J connectivity index is 2.00. The maximum absolute atomic E-state index is 11.3. The monoisotopic (exact) mass is 436 g/mol. The van der Waals surface area contributed by atoms with Gasteiger partial charge >= 0.3 is 5.97 Å². The van der Waals surface area contributed by atoms with Crippen LogP contribution in [-0.2, 0) is 20.4 Å². The molecule has 5 heteroatoms. The number of benzene rings is 2. The number of carbonyl (C=O) groups is 1. The Bertz CT molecular complexity index is 930. The van der Waals surface area contributed by atoms with Gasteiger partial charge in [-0.05, 0) is 65.3 Å². The molecule has 0 aromatic heterocycles. The van der Waals surface area contributed by atoms with Gasteiger partial charge in [-0.15, -0.1) is 0 Å². The van der Waals surface area contributed by atoms with Crippen molar-refractivity contribution in [3.05, 3.63) is 65.7 Å². The number of hydrogen-bond acceptors (Lipinski definition) is 5. The van der Waals surface area contributed by atoms with Crippen molar-refractivity contribution in [3.8, 4) is 5.75 Å². The van der Waals surface area contributed by atoms with Crippen LogP contribution in [0.4, 0.5) is 11.4 Å². The number of carbonyl (C=O) groups excluding carboxylic acids is 1. The van der Waals surface area contributed by atoms with E-state index in [9.17, 15) is 4.79 Å². The average Bonchev–Trinajstić information content (AvgIpc) is 2.71. The summed E-state index contributed by atoms with van der Waals surface area (Å²) in [4.78, 5) is 11.3. The molecule has 2 rings (SSSR count). The van der Waals surface area contributed by atoms with Crippen LogP contribution >= 0.6 is 0 Å². The molecule has 2 aromatic carbocycles. The molecule has 0 heterocycles. The van der Waals surface area contributed by atoms with Crippen LogP contribution in [0.2, 0.25) is 0 Å². The molecule has 32 heavy (non-hydrogen) atoms. The van der Waals surface area contributed by atoms with Crippen LogP contribution < -0.4 is 4.74 Å². The summed E-state index contributed by atoms with van der Waals surface area (Å²) in [6.45, 7) is 19.2. The summed E-state index contributed by atoms with van der Waals surface area (Å²) < 4.78 is 10.7. The van der Waals surface area contributed by atoms with Crippen molar-refractivity contribution in [2.24, 2.45) is 10.2 Å². The smallest absolute Gasteiger partial charge is 0.333 e. The van der Waals surface area contributed by atoms with Gasteiger partial charge in [0.2, 0.25) is 0 Å². The lowest BCUT2D eigenvalue weighted by atomic mass is 9.80. The van der Waals surface area contributed by atoms with E-state index in [2.05, 4.69) is 76.5 Å². The number of esters is 1. The third-order valence-corrected chi connectivity index (χ3v) is 4.91. The highest BCUT2D eigenvalue weighted by Crippen LogP contribution is 2.33. The fourth-order valence-corrected chi connectivity index (χ4v) is 2.80. The summed E-state index contributed by atoms with van der Waals surface area (Å²) in [7, 11) is 0. The molecule has 0 aliphatic rings. The first-order valence-electron chi connectivity index (χ1n) is 11.0. The number of rotatable bonds is 8. The van der Waals surface area contributed by atoms with E-state index in [0.717, 1.165) is 17.1 Å². The molecule has 0 bridgehead atoms. The first-order chi connectivity index (χ1) is 14.9. The van der Waals surface area contributed by atoms with Crippen LogP contribution in [0.1, 0.15) is 66.0 Å². The van der Waals surface area contributed by atoms with E-state index in [-0.39, 0.29) is 16.8 Å². The zero-order chi connectivity index (χ0) is 23.9. The normalized spacial score (nSPS) is 12.1. The van der Waals surface area contributed by atoms with Crippen molar-refractivity contribution < 1.29 is 14.3 Å². The zero-order valence-electron chi connectivity index (χ0n) is 20.5. The van der Waals surface area contributed by atoms with Gasteiger partial charge in [-0.2, -0.15) is 10.2 Å². The SMILES string of the molecule is C=C(C)C(=O)OCCCOc1ccc(N=Nc2cc(C(C)(C)C)cc(C(C)(C)C)c2)cc1. The highest BCUT2D eigenvalue weighted by Gasteiger charge is 2.20. The predicted molar refractivity (Wildman–Crippen MR) is 130 cm³/mol. The lowest BCUT2D eigenvalue weighted by Gasteiger charge is -2.25. The predicted octanol–water partition coefficient (Wildman–Crippen LogP) is 7.59. The molecule has 0 fully saturated rings. The lowest BCUT2D eigenvalue weighted by molar-refractivity contribution is -0.139. The van der Waals surface area contributed by atoms with Crippen LogP contribution in [0, 0.1) is 0 Å². The average molecular weight is 437 g/mol. The molecule has 5 nitrogen and oxygen atoms in total. The number of azo groups is 1. The highest BCUT2D eigenvalue weighted by molar-refractivity contribution is 5.86. The Labute approximate surface area is 192 Å². The van der Waals surface area contributed by atoms with Crippen LogP contribution in [0.5, 0.6) is 5.75 Å². The van der Waals surface area contributed by atoms with Crippen LogP contribution in [0.3, 0.4) is 0 Å². The highest BCUT2D eigenvalue weighted by atomic mass is 16.5. The summed E-state index contributed by atoms with van der Waals surface area (Å²) in [6, 6.07) is 14.0. The Morgan fingerprint density at radius 3 is 1.88 bits per heavy atom. The molecule has 0 saturated carbocycles. The van der Waals surface area contributed by atoms with Crippen molar-refractivity contribution in [1.29, 1.82) is 0 Å². The van der Waals surface area contributed by atoms with Gasteiger partial charge in [-0.25, -0.2) is 4.79 Å². The van der Waals surface area contributed by atoms with Crippen LogP contribution in [-0.4, -0.2) is 19.2 Å². The fraction of sp³-hybridized carbons (Fsp3) is 0.444. The van der Waals surface area contributed by atoms with Gasteiger partial charge in [0.1, 0.15) is 5.75 Å². The molecule has 0 aliphatic heterocycles. The Morgan fingerprint density at radius 1 is 0.844 bits per heavy atom. The summed E-state index contributed by atoms with van der Waals surface area (Å²) in [5.74, 6) is 0.363. The molecule has 0 amide bonds. The van der Waals surface area contributed by atoms with Gasteiger partial charge in [-0.3, -0.25) is 0 Å². The summed E-state index contributed by atoms with van der Waals surface area (Å²) in [6.07, 6.45) is 0.612. The van der Waals surface area contributed by atoms with Crippen molar-refractivity contribution >= 4 is 17.3 Å². The Morgan fingerprint density at radius 2 is 1.38 bits per heavy atom.